The van der Waals surface area contributed by atoms with Crippen LogP contribution in [0.5, 0.6) is 11.5 Å². The van der Waals surface area contributed by atoms with Gasteiger partial charge in [-0.3, -0.25) is 0 Å². The summed E-state index contributed by atoms with van der Waals surface area (Å²) in [4.78, 5) is 0. The Labute approximate surface area is 156 Å². The first-order valence-electron chi connectivity index (χ1n) is 8.23. The number of ether oxygens (including phenoxy) is 1. The molecular weight excluding hydrogens is 348 g/mol. The van der Waals surface area contributed by atoms with Crippen molar-refractivity contribution in [3.8, 4) is 11.5 Å². The molecule has 0 atom stereocenters. The number of phenolic OH excluding ortho intramolecular Hbond substituents is 1. The van der Waals surface area contributed by atoms with Gasteiger partial charge in [-0.05, 0) is 42.5 Å². The van der Waals surface area contributed by atoms with Crippen LogP contribution in [0.2, 0.25) is 0 Å². The van der Waals surface area contributed by atoms with Crippen LogP contribution in [0.3, 0.4) is 0 Å². The summed E-state index contributed by atoms with van der Waals surface area (Å²) >= 11 is 1.49. The topological polar surface area (TPSA) is 72.5 Å². The molecule has 26 heavy (non-hydrogen) atoms. The first kappa shape index (κ1) is 18.0. The van der Waals surface area contributed by atoms with Gasteiger partial charge in [0.05, 0.1) is 12.8 Å². The molecule has 0 saturated carbocycles. The fourth-order valence-corrected chi connectivity index (χ4v) is 2.88. The zero-order valence-electron chi connectivity index (χ0n) is 14.7. The van der Waals surface area contributed by atoms with Gasteiger partial charge in [0.1, 0.15) is 0 Å². The van der Waals surface area contributed by atoms with Crippen LogP contribution in [0, 0.1) is 0 Å². The molecule has 3 aromatic rings. The average molecular weight is 368 g/mol. The van der Waals surface area contributed by atoms with E-state index < -0.39 is 0 Å². The van der Waals surface area contributed by atoms with Crippen LogP contribution in [0.15, 0.2) is 58.8 Å². The van der Waals surface area contributed by atoms with Crippen LogP contribution in [0.4, 0.5) is 0 Å². The summed E-state index contributed by atoms with van der Waals surface area (Å²) in [5, 5.41) is 23.5. The molecule has 1 aromatic heterocycles. The lowest BCUT2D eigenvalue weighted by atomic mass is 10.1. The molecule has 1 heterocycles. The number of nitrogens with zero attached hydrogens (tertiary/aromatic N) is 4. The maximum Gasteiger partial charge on any atom is 0.211 e. The normalized spacial score (nSPS) is 11.2. The molecule has 6 nitrogen and oxygen atoms in total. The van der Waals surface area contributed by atoms with E-state index in [1.54, 1.807) is 29.1 Å². The summed E-state index contributed by atoms with van der Waals surface area (Å²) in [6.07, 6.45) is 4.29. The molecule has 3 rings (SSSR count). The minimum Gasteiger partial charge on any atom is -0.504 e. The second-order valence-electron chi connectivity index (χ2n) is 5.48. The van der Waals surface area contributed by atoms with Gasteiger partial charge in [0, 0.05) is 6.42 Å². The highest BCUT2D eigenvalue weighted by Gasteiger charge is 2.11. The molecule has 0 fully saturated rings. The Bertz CT molecular complexity index is 894. The summed E-state index contributed by atoms with van der Waals surface area (Å²) in [5.41, 5.74) is 1.96. The molecule has 0 spiro atoms. The second kappa shape index (κ2) is 8.53. The fraction of sp³-hybridized carbons (Fsp3) is 0.211. The van der Waals surface area contributed by atoms with Crippen LogP contribution in [0.25, 0.3) is 0 Å². The number of benzene rings is 2. The van der Waals surface area contributed by atoms with E-state index in [2.05, 4.69) is 27.4 Å². The van der Waals surface area contributed by atoms with Crippen molar-refractivity contribution >= 4 is 18.0 Å². The molecule has 0 amide bonds. The molecule has 0 unspecified atom stereocenters. The molecule has 0 bridgehead atoms. The van der Waals surface area contributed by atoms with Gasteiger partial charge < -0.3 is 9.84 Å². The first-order valence-corrected chi connectivity index (χ1v) is 9.46. The Balaban J connectivity index is 1.88. The van der Waals surface area contributed by atoms with Crippen molar-refractivity contribution < 1.29 is 9.84 Å². The summed E-state index contributed by atoms with van der Waals surface area (Å²) in [6.45, 7) is 2.36. The monoisotopic (exact) mass is 368 g/mol. The molecular formula is C19H20N4O2S. The van der Waals surface area contributed by atoms with Gasteiger partial charge in [-0.1, -0.05) is 42.1 Å². The van der Waals surface area contributed by atoms with Crippen molar-refractivity contribution in [3.63, 3.8) is 0 Å². The van der Waals surface area contributed by atoms with Gasteiger partial charge >= 0.3 is 0 Å². The van der Waals surface area contributed by atoms with Crippen molar-refractivity contribution in [2.24, 2.45) is 5.10 Å². The summed E-state index contributed by atoms with van der Waals surface area (Å²) in [5.74, 6) is 1.32. The van der Waals surface area contributed by atoms with Gasteiger partial charge in [-0.15, -0.1) is 10.2 Å². The van der Waals surface area contributed by atoms with Crippen LogP contribution in [-0.4, -0.2) is 39.1 Å². The van der Waals surface area contributed by atoms with Gasteiger partial charge in [0.2, 0.25) is 5.16 Å². The van der Waals surface area contributed by atoms with E-state index in [-0.39, 0.29) is 5.75 Å². The SMILES string of the molecule is CCOc1cc(/C=N\n2c(Cc3ccccc3)nnc2SC)ccc1O. The van der Waals surface area contributed by atoms with Crippen molar-refractivity contribution in [1.82, 2.24) is 14.9 Å². The molecule has 0 aliphatic rings. The smallest absolute Gasteiger partial charge is 0.211 e. The minimum absolute atomic E-state index is 0.114. The number of aromatic hydroxyl groups is 1. The van der Waals surface area contributed by atoms with E-state index in [9.17, 15) is 5.11 Å². The van der Waals surface area contributed by atoms with Crippen molar-refractivity contribution in [1.29, 1.82) is 0 Å². The lowest BCUT2D eigenvalue weighted by Gasteiger charge is -2.06. The molecule has 0 saturated heterocycles. The molecule has 134 valence electrons. The molecule has 0 aliphatic heterocycles. The van der Waals surface area contributed by atoms with E-state index in [0.29, 0.717) is 18.8 Å². The van der Waals surface area contributed by atoms with Gasteiger partial charge in [-0.2, -0.15) is 9.78 Å². The van der Waals surface area contributed by atoms with E-state index in [1.165, 1.54) is 11.8 Å². The Morgan fingerprint density at radius 3 is 2.73 bits per heavy atom. The fourth-order valence-electron chi connectivity index (χ4n) is 2.43. The average Bonchev–Trinajstić information content (AvgIpc) is 3.05. The van der Waals surface area contributed by atoms with Gasteiger partial charge in [-0.25, -0.2) is 0 Å². The highest BCUT2D eigenvalue weighted by molar-refractivity contribution is 7.98. The molecule has 1 N–H and O–H groups in total. The third kappa shape index (κ3) is 4.23. The quantitative estimate of drug-likeness (QED) is 0.510. The maximum atomic E-state index is 9.81. The van der Waals surface area contributed by atoms with Crippen LogP contribution in [-0.2, 0) is 6.42 Å². The first-order chi connectivity index (χ1) is 12.7. The lowest BCUT2D eigenvalue weighted by molar-refractivity contribution is 0.318. The predicted octanol–water partition coefficient (Wildman–Crippen LogP) is 3.58. The van der Waals surface area contributed by atoms with E-state index in [1.807, 2.05) is 31.4 Å². The third-order valence-corrected chi connectivity index (χ3v) is 4.29. The minimum atomic E-state index is 0.114. The summed E-state index contributed by atoms with van der Waals surface area (Å²) in [7, 11) is 0. The predicted molar refractivity (Wildman–Crippen MR) is 103 cm³/mol. The molecule has 7 heteroatoms. The Morgan fingerprint density at radius 1 is 1.19 bits per heavy atom. The number of thioether (sulfide) groups is 1. The second-order valence-corrected chi connectivity index (χ2v) is 6.26. The van der Waals surface area contributed by atoms with Crippen LogP contribution in [0.1, 0.15) is 23.9 Å². The Kier molecular flexibility index (Phi) is 5.91. The zero-order chi connectivity index (χ0) is 18.4. The zero-order valence-corrected chi connectivity index (χ0v) is 15.5. The number of rotatable bonds is 7. The third-order valence-electron chi connectivity index (χ3n) is 3.67. The number of hydrogen-bond donors (Lipinski definition) is 1. The van der Waals surface area contributed by atoms with Gasteiger partial charge in [0.15, 0.2) is 17.3 Å². The van der Waals surface area contributed by atoms with Crippen molar-refractivity contribution in [2.45, 2.75) is 18.5 Å². The van der Waals surface area contributed by atoms with Crippen molar-refractivity contribution in [2.75, 3.05) is 12.9 Å². The Hall–Kier alpha value is -2.80. The van der Waals surface area contributed by atoms with Gasteiger partial charge in [0.25, 0.3) is 0 Å². The Morgan fingerprint density at radius 2 is 2.00 bits per heavy atom. The number of hydrogen-bond acceptors (Lipinski definition) is 6. The molecule has 0 aliphatic carbocycles. The van der Waals surface area contributed by atoms with E-state index >= 15 is 0 Å². The highest BCUT2D eigenvalue weighted by Crippen LogP contribution is 2.26. The summed E-state index contributed by atoms with van der Waals surface area (Å²) in [6, 6.07) is 15.2. The summed E-state index contributed by atoms with van der Waals surface area (Å²) < 4.78 is 7.16. The lowest BCUT2D eigenvalue weighted by Crippen LogP contribution is -2.01. The molecule has 2 aromatic carbocycles. The standard InChI is InChI=1S/C19H20N4O2S/c1-3-25-17-11-15(9-10-16(17)24)13-20-23-18(21-22-19(23)26-2)12-14-7-5-4-6-8-14/h4-11,13,24H,3,12H2,1-2H3/b20-13-. The maximum absolute atomic E-state index is 9.81. The van der Waals surface area contributed by atoms with Crippen LogP contribution >= 0.6 is 11.8 Å². The number of aromatic nitrogens is 3. The highest BCUT2D eigenvalue weighted by atomic mass is 32.2. The van der Waals surface area contributed by atoms with Crippen molar-refractivity contribution in [3.05, 3.63) is 65.5 Å². The largest absolute Gasteiger partial charge is 0.504 e. The molecule has 0 radical (unpaired) electrons. The van der Waals surface area contributed by atoms with E-state index in [0.717, 1.165) is 22.1 Å². The van der Waals surface area contributed by atoms with E-state index in [4.69, 9.17) is 4.74 Å². The van der Waals surface area contributed by atoms with Crippen LogP contribution < -0.4 is 4.74 Å². The number of phenols is 1.